The van der Waals surface area contributed by atoms with Crippen LogP contribution < -0.4 is 19.5 Å². The first-order valence-corrected chi connectivity index (χ1v) is 9.12. The minimum Gasteiger partial charge on any atom is -0.497 e. The average molecular weight is 397 g/mol. The molecule has 0 unspecified atom stereocenters. The van der Waals surface area contributed by atoms with E-state index in [2.05, 4.69) is 15.5 Å². The first-order chi connectivity index (χ1) is 13.6. The van der Waals surface area contributed by atoms with E-state index < -0.39 is 0 Å². The largest absolute Gasteiger partial charge is 0.497 e. The number of benzene rings is 2. The van der Waals surface area contributed by atoms with E-state index in [1.165, 1.54) is 11.8 Å². The van der Waals surface area contributed by atoms with Crippen LogP contribution in [-0.4, -0.2) is 38.6 Å². The van der Waals surface area contributed by atoms with Crippen molar-refractivity contribution in [3.05, 3.63) is 58.5 Å². The number of hydrogen-bond donors (Lipinski definition) is 1. The Balaban J connectivity index is 1.73. The van der Waals surface area contributed by atoms with Gasteiger partial charge in [0.25, 0.3) is 5.91 Å². The Bertz CT molecular complexity index is 952. The standard InChI is InChI=1S/C20H19N3O4S/c1-25-15-7-4-13(5-8-15)12-21-23-20-22-19(24)18(28-20)10-14-6-9-16(26-2)11-17(14)27-3/h4-12H,1-3H3,(H,22,23,24)/b18-10-,21-12?. The van der Waals surface area contributed by atoms with Gasteiger partial charge in [0.2, 0.25) is 0 Å². The Morgan fingerprint density at radius 3 is 2.36 bits per heavy atom. The fourth-order valence-electron chi connectivity index (χ4n) is 2.39. The van der Waals surface area contributed by atoms with Crippen LogP contribution in [0.4, 0.5) is 0 Å². The van der Waals surface area contributed by atoms with Gasteiger partial charge in [-0.25, -0.2) is 0 Å². The Morgan fingerprint density at radius 1 is 0.964 bits per heavy atom. The number of carbonyl (C=O) groups excluding carboxylic acids is 1. The predicted molar refractivity (Wildman–Crippen MR) is 111 cm³/mol. The summed E-state index contributed by atoms with van der Waals surface area (Å²) in [5, 5.41) is 11.2. The molecule has 28 heavy (non-hydrogen) atoms. The SMILES string of the molecule is COc1ccc(C=NN=C2NC(=O)/C(=C/c3ccc(OC)cc3OC)S2)cc1. The van der Waals surface area contributed by atoms with Crippen LogP contribution in [0, 0.1) is 0 Å². The van der Waals surface area contributed by atoms with Crippen molar-refractivity contribution in [1.29, 1.82) is 0 Å². The van der Waals surface area contributed by atoms with Crippen LogP contribution in [0.15, 0.2) is 57.6 Å². The molecule has 1 aliphatic heterocycles. The third-order valence-electron chi connectivity index (χ3n) is 3.85. The Morgan fingerprint density at radius 2 is 1.68 bits per heavy atom. The van der Waals surface area contributed by atoms with Crippen molar-refractivity contribution >= 4 is 35.1 Å². The Kier molecular flexibility index (Phi) is 6.33. The summed E-state index contributed by atoms with van der Waals surface area (Å²) >= 11 is 1.21. The first kappa shape index (κ1) is 19.5. The van der Waals surface area contributed by atoms with Gasteiger partial charge in [-0.2, -0.15) is 5.10 Å². The van der Waals surface area contributed by atoms with E-state index in [4.69, 9.17) is 14.2 Å². The molecule has 3 rings (SSSR count). The zero-order valence-electron chi connectivity index (χ0n) is 15.6. The van der Waals surface area contributed by atoms with Gasteiger partial charge in [0.1, 0.15) is 17.2 Å². The van der Waals surface area contributed by atoms with Crippen molar-refractivity contribution in [2.24, 2.45) is 10.2 Å². The summed E-state index contributed by atoms with van der Waals surface area (Å²) in [5.41, 5.74) is 1.64. The zero-order valence-corrected chi connectivity index (χ0v) is 16.4. The van der Waals surface area contributed by atoms with Gasteiger partial charge < -0.3 is 14.2 Å². The summed E-state index contributed by atoms with van der Waals surface area (Å²) in [7, 11) is 4.77. The predicted octanol–water partition coefficient (Wildman–Crippen LogP) is 3.31. The molecule has 0 saturated carbocycles. The summed E-state index contributed by atoms with van der Waals surface area (Å²) in [6.07, 6.45) is 3.35. The molecule has 1 amide bonds. The van der Waals surface area contributed by atoms with E-state index in [0.717, 1.165) is 16.9 Å². The maximum absolute atomic E-state index is 12.2. The second-order valence-corrected chi connectivity index (χ2v) is 6.63. The van der Waals surface area contributed by atoms with Gasteiger partial charge in [0, 0.05) is 11.6 Å². The van der Waals surface area contributed by atoms with E-state index in [9.17, 15) is 4.79 Å². The lowest BCUT2D eigenvalue weighted by molar-refractivity contribution is -0.115. The van der Waals surface area contributed by atoms with E-state index >= 15 is 0 Å². The molecule has 2 aromatic rings. The van der Waals surface area contributed by atoms with Gasteiger partial charge in [-0.05, 0) is 59.8 Å². The molecule has 1 saturated heterocycles. The van der Waals surface area contributed by atoms with Gasteiger partial charge in [-0.15, -0.1) is 5.10 Å². The summed E-state index contributed by atoms with van der Waals surface area (Å²) in [5.74, 6) is 1.83. The Hall–Kier alpha value is -3.26. The molecular weight excluding hydrogens is 378 g/mol. The van der Waals surface area contributed by atoms with Crippen LogP contribution in [0.1, 0.15) is 11.1 Å². The quantitative estimate of drug-likeness (QED) is 0.459. The minimum absolute atomic E-state index is 0.235. The number of amides is 1. The van der Waals surface area contributed by atoms with Crippen LogP contribution in [0.2, 0.25) is 0 Å². The van der Waals surface area contributed by atoms with E-state index in [1.54, 1.807) is 45.8 Å². The third-order valence-corrected chi connectivity index (χ3v) is 4.75. The lowest BCUT2D eigenvalue weighted by Gasteiger charge is -2.07. The normalized spacial score (nSPS) is 16.6. The first-order valence-electron chi connectivity index (χ1n) is 8.31. The number of amidine groups is 1. The minimum atomic E-state index is -0.235. The summed E-state index contributed by atoms with van der Waals surface area (Å²) in [6, 6.07) is 12.8. The number of rotatable bonds is 6. The highest BCUT2D eigenvalue weighted by Crippen LogP contribution is 2.31. The second-order valence-electron chi connectivity index (χ2n) is 5.60. The molecule has 0 bridgehead atoms. The highest BCUT2D eigenvalue weighted by molar-refractivity contribution is 8.18. The number of hydrogen-bond acceptors (Lipinski definition) is 7. The zero-order chi connectivity index (χ0) is 19.9. The molecule has 0 radical (unpaired) electrons. The maximum Gasteiger partial charge on any atom is 0.264 e. The van der Waals surface area contributed by atoms with E-state index in [0.29, 0.717) is 21.6 Å². The van der Waals surface area contributed by atoms with Crippen molar-refractivity contribution in [1.82, 2.24) is 5.32 Å². The number of thioether (sulfide) groups is 1. The molecule has 1 fully saturated rings. The number of nitrogens with one attached hydrogen (secondary N) is 1. The molecule has 1 heterocycles. The van der Waals surface area contributed by atoms with Gasteiger partial charge in [0.15, 0.2) is 5.17 Å². The molecule has 7 nitrogen and oxygen atoms in total. The van der Waals surface area contributed by atoms with Gasteiger partial charge in [0.05, 0.1) is 32.4 Å². The van der Waals surface area contributed by atoms with Crippen LogP contribution in [0.25, 0.3) is 6.08 Å². The molecule has 0 aromatic heterocycles. The number of methoxy groups -OCH3 is 3. The van der Waals surface area contributed by atoms with Gasteiger partial charge in [-0.3, -0.25) is 10.1 Å². The summed E-state index contributed by atoms with van der Waals surface area (Å²) < 4.78 is 15.7. The van der Waals surface area contributed by atoms with Crippen LogP contribution >= 0.6 is 11.8 Å². The molecule has 1 N–H and O–H groups in total. The van der Waals surface area contributed by atoms with Gasteiger partial charge >= 0.3 is 0 Å². The number of nitrogens with zero attached hydrogens (tertiary/aromatic N) is 2. The molecule has 8 heteroatoms. The van der Waals surface area contributed by atoms with E-state index in [1.807, 2.05) is 30.3 Å². The fourth-order valence-corrected chi connectivity index (χ4v) is 3.16. The number of ether oxygens (including phenoxy) is 3. The molecule has 0 atom stereocenters. The molecule has 0 aliphatic carbocycles. The summed E-state index contributed by atoms with van der Waals surface area (Å²) in [6.45, 7) is 0. The topological polar surface area (TPSA) is 81.5 Å². The highest BCUT2D eigenvalue weighted by Gasteiger charge is 2.24. The molecule has 1 aliphatic rings. The van der Waals surface area contributed by atoms with Crippen LogP contribution in [-0.2, 0) is 4.79 Å². The number of carbonyl (C=O) groups is 1. The summed E-state index contributed by atoms with van der Waals surface area (Å²) in [4.78, 5) is 12.7. The highest BCUT2D eigenvalue weighted by atomic mass is 32.2. The van der Waals surface area contributed by atoms with Crippen molar-refractivity contribution in [3.63, 3.8) is 0 Å². The third kappa shape index (κ3) is 4.72. The van der Waals surface area contributed by atoms with Gasteiger partial charge in [-0.1, -0.05) is 0 Å². The van der Waals surface area contributed by atoms with E-state index in [-0.39, 0.29) is 5.91 Å². The molecule has 2 aromatic carbocycles. The molecule has 144 valence electrons. The average Bonchev–Trinajstić information content (AvgIpc) is 3.08. The monoisotopic (exact) mass is 397 g/mol. The van der Waals surface area contributed by atoms with Crippen molar-refractivity contribution in [2.75, 3.05) is 21.3 Å². The molecular formula is C20H19N3O4S. The van der Waals surface area contributed by atoms with Crippen molar-refractivity contribution in [2.45, 2.75) is 0 Å². The smallest absolute Gasteiger partial charge is 0.264 e. The maximum atomic E-state index is 12.2. The van der Waals surface area contributed by atoms with Crippen molar-refractivity contribution in [3.8, 4) is 17.2 Å². The lowest BCUT2D eigenvalue weighted by Crippen LogP contribution is -2.19. The second kappa shape index (κ2) is 9.09. The van der Waals surface area contributed by atoms with Crippen LogP contribution in [0.3, 0.4) is 0 Å². The Labute approximate surface area is 167 Å². The molecule has 0 spiro atoms. The lowest BCUT2D eigenvalue weighted by atomic mass is 10.1. The van der Waals surface area contributed by atoms with Crippen molar-refractivity contribution < 1.29 is 19.0 Å². The van der Waals surface area contributed by atoms with Crippen LogP contribution in [0.5, 0.6) is 17.2 Å². The fraction of sp³-hybridized carbons (Fsp3) is 0.150.